The van der Waals surface area contributed by atoms with Crippen LogP contribution >= 0.6 is 12.4 Å². The van der Waals surface area contributed by atoms with Gasteiger partial charge in [-0.05, 0) is 24.0 Å². The Balaban J connectivity index is 0.00000261. The molecule has 1 heterocycles. The average Bonchev–Trinajstić information content (AvgIpc) is 2.70. The number of ether oxygens (including phenoxy) is 2. The van der Waals surface area contributed by atoms with E-state index in [1.165, 1.54) is 11.1 Å². The highest BCUT2D eigenvalue weighted by molar-refractivity contribution is 5.85. The molecule has 27 heavy (non-hydrogen) atoms. The molecule has 3 rings (SSSR count). The summed E-state index contributed by atoms with van der Waals surface area (Å²) >= 11 is 0. The Morgan fingerprint density at radius 1 is 0.926 bits per heavy atom. The maximum absolute atomic E-state index is 12.7. The minimum atomic E-state index is -0.163. The third-order valence-electron chi connectivity index (χ3n) is 4.74. The van der Waals surface area contributed by atoms with Gasteiger partial charge in [0.1, 0.15) is 6.61 Å². The quantitative estimate of drug-likeness (QED) is 0.649. The van der Waals surface area contributed by atoms with Crippen LogP contribution in [0.15, 0.2) is 60.7 Å². The summed E-state index contributed by atoms with van der Waals surface area (Å²) in [5.41, 5.74) is 2.33. The Morgan fingerprint density at radius 2 is 1.44 bits per heavy atom. The molecule has 0 amide bonds. The van der Waals surface area contributed by atoms with E-state index in [0.29, 0.717) is 19.4 Å². The summed E-state index contributed by atoms with van der Waals surface area (Å²) in [5, 5.41) is 0. The third kappa shape index (κ3) is 7.33. The smallest absolute Gasteiger partial charge is 0.309 e. The first kappa shape index (κ1) is 21.4. The van der Waals surface area contributed by atoms with Crippen LogP contribution in [0.1, 0.15) is 11.1 Å². The van der Waals surface area contributed by atoms with Crippen LogP contribution < -0.4 is 0 Å². The maximum atomic E-state index is 12.7. The molecule has 1 aliphatic rings. The molecular weight excluding hydrogens is 362 g/mol. The number of rotatable bonds is 8. The number of nitrogens with zero attached hydrogens (tertiary/aromatic N) is 1. The van der Waals surface area contributed by atoms with Gasteiger partial charge in [-0.1, -0.05) is 60.7 Å². The Kier molecular flexibility index (Phi) is 9.32. The highest BCUT2D eigenvalue weighted by Crippen LogP contribution is 2.16. The van der Waals surface area contributed by atoms with Crippen molar-refractivity contribution in [1.29, 1.82) is 0 Å². The molecule has 2 aromatic rings. The van der Waals surface area contributed by atoms with Crippen LogP contribution in [-0.4, -0.2) is 50.3 Å². The first-order valence-electron chi connectivity index (χ1n) is 9.36. The highest BCUT2D eigenvalue weighted by Gasteiger charge is 2.21. The van der Waals surface area contributed by atoms with E-state index in [-0.39, 0.29) is 24.3 Å². The number of hydrogen-bond donors (Lipinski definition) is 0. The largest absolute Gasteiger partial charge is 0.464 e. The minimum absolute atomic E-state index is 0. The predicted octanol–water partition coefficient (Wildman–Crippen LogP) is 3.39. The minimum Gasteiger partial charge on any atom is -0.464 e. The second-order valence-electron chi connectivity index (χ2n) is 6.70. The van der Waals surface area contributed by atoms with E-state index < -0.39 is 0 Å². The van der Waals surface area contributed by atoms with Gasteiger partial charge in [0.05, 0.1) is 19.1 Å². The molecule has 0 atom stereocenters. The predicted molar refractivity (Wildman–Crippen MR) is 109 cm³/mol. The SMILES string of the molecule is Cl.O=C(OCCN1CCOCC1)C(Cc1ccccc1)Cc1ccccc1. The van der Waals surface area contributed by atoms with Gasteiger partial charge in [0.25, 0.3) is 0 Å². The van der Waals surface area contributed by atoms with Crippen molar-refractivity contribution in [3.05, 3.63) is 71.8 Å². The van der Waals surface area contributed by atoms with Gasteiger partial charge in [0.2, 0.25) is 0 Å². The van der Waals surface area contributed by atoms with E-state index in [9.17, 15) is 4.79 Å². The van der Waals surface area contributed by atoms with Gasteiger partial charge in [-0.3, -0.25) is 9.69 Å². The number of carbonyl (C=O) groups is 1. The van der Waals surface area contributed by atoms with Crippen LogP contribution in [0.2, 0.25) is 0 Å². The molecule has 1 fully saturated rings. The average molecular weight is 390 g/mol. The third-order valence-corrected chi connectivity index (χ3v) is 4.74. The number of morpholine rings is 1. The Bertz CT molecular complexity index is 618. The summed E-state index contributed by atoms with van der Waals surface area (Å²) in [5.74, 6) is -0.268. The van der Waals surface area contributed by atoms with E-state index in [1.807, 2.05) is 36.4 Å². The van der Waals surface area contributed by atoms with Crippen molar-refractivity contribution >= 4 is 18.4 Å². The van der Waals surface area contributed by atoms with Gasteiger partial charge in [0.15, 0.2) is 0 Å². The number of benzene rings is 2. The summed E-state index contributed by atoms with van der Waals surface area (Å²) in [7, 11) is 0. The van der Waals surface area contributed by atoms with Crippen molar-refractivity contribution in [3.8, 4) is 0 Å². The van der Waals surface area contributed by atoms with Crippen molar-refractivity contribution in [1.82, 2.24) is 4.90 Å². The molecule has 0 aromatic heterocycles. The first-order chi connectivity index (χ1) is 12.8. The van der Waals surface area contributed by atoms with Crippen LogP contribution in [0.25, 0.3) is 0 Å². The number of halogens is 1. The molecule has 5 heteroatoms. The molecule has 1 aliphatic heterocycles. The number of esters is 1. The van der Waals surface area contributed by atoms with Gasteiger partial charge >= 0.3 is 5.97 Å². The molecule has 4 nitrogen and oxygen atoms in total. The normalized spacial score (nSPS) is 14.6. The van der Waals surface area contributed by atoms with E-state index >= 15 is 0 Å². The van der Waals surface area contributed by atoms with Gasteiger partial charge in [-0.25, -0.2) is 0 Å². The molecular formula is C22H28ClNO3. The zero-order valence-corrected chi connectivity index (χ0v) is 16.4. The highest BCUT2D eigenvalue weighted by atomic mass is 35.5. The molecule has 0 aliphatic carbocycles. The summed E-state index contributed by atoms with van der Waals surface area (Å²) in [6.45, 7) is 4.57. The van der Waals surface area contributed by atoms with Gasteiger partial charge < -0.3 is 9.47 Å². The number of carbonyl (C=O) groups excluding carboxylic acids is 1. The fraction of sp³-hybridized carbons (Fsp3) is 0.409. The summed E-state index contributed by atoms with van der Waals surface area (Å²) in [6, 6.07) is 20.3. The summed E-state index contributed by atoms with van der Waals surface area (Å²) < 4.78 is 11.0. The van der Waals surface area contributed by atoms with Crippen molar-refractivity contribution in [2.45, 2.75) is 12.8 Å². The molecule has 146 valence electrons. The Labute approximate surface area is 167 Å². The lowest BCUT2D eigenvalue weighted by molar-refractivity contribution is -0.149. The molecule has 0 radical (unpaired) electrons. The van der Waals surface area contributed by atoms with Crippen molar-refractivity contribution in [2.75, 3.05) is 39.5 Å². The fourth-order valence-electron chi connectivity index (χ4n) is 3.25. The molecule has 0 unspecified atom stereocenters. The van der Waals surface area contributed by atoms with Gasteiger partial charge in [0, 0.05) is 19.6 Å². The maximum Gasteiger partial charge on any atom is 0.309 e. The van der Waals surface area contributed by atoms with E-state index in [0.717, 1.165) is 32.8 Å². The van der Waals surface area contributed by atoms with Gasteiger partial charge in [-0.2, -0.15) is 0 Å². The van der Waals surface area contributed by atoms with Crippen molar-refractivity contribution < 1.29 is 14.3 Å². The zero-order valence-electron chi connectivity index (χ0n) is 15.6. The van der Waals surface area contributed by atoms with E-state index in [4.69, 9.17) is 9.47 Å². The van der Waals surface area contributed by atoms with Crippen LogP contribution in [0, 0.1) is 5.92 Å². The van der Waals surface area contributed by atoms with Crippen molar-refractivity contribution in [3.63, 3.8) is 0 Å². The Hall–Kier alpha value is -1.88. The molecule has 0 bridgehead atoms. The molecule has 0 spiro atoms. The molecule has 2 aromatic carbocycles. The lowest BCUT2D eigenvalue weighted by Crippen LogP contribution is -2.39. The topological polar surface area (TPSA) is 38.8 Å². The summed E-state index contributed by atoms with van der Waals surface area (Å²) in [6.07, 6.45) is 1.40. The van der Waals surface area contributed by atoms with Crippen LogP contribution in [0.3, 0.4) is 0 Å². The second-order valence-corrected chi connectivity index (χ2v) is 6.70. The lowest BCUT2D eigenvalue weighted by atomic mass is 9.92. The van der Waals surface area contributed by atoms with Crippen LogP contribution in [-0.2, 0) is 27.1 Å². The standard InChI is InChI=1S/C22H27NO3.ClH/c24-22(26-16-13-23-11-14-25-15-12-23)21(17-19-7-3-1-4-8-19)18-20-9-5-2-6-10-20;/h1-10,21H,11-18H2;1H. The first-order valence-corrected chi connectivity index (χ1v) is 9.36. The fourth-order valence-corrected chi connectivity index (χ4v) is 3.25. The van der Waals surface area contributed by atoms with Crippen LogP contribution in [0.5, 0.6) is 0 Å². The second kappa shape index (κ2) is 11.8. The van der Waals surface area contributed by atoms with E-state index in [1.54, 1.807) is 0 Å². The van der Waals surface area contributed by atoms with Crippen LogP contribution in [0.4, 0.5) is 0 Å². The van der Waals surface area contributed by atoms with E-state index in [2.05, 4.69) is 29.2 Å². The molecule has 0 saturated carbocycles. The summed E-state index contributed by atoms with van der Waals surface area (Å²) in [4.78, 5) is 15.0. The molecule has 1 saturated heterocycles. The van der Waals surface area contributed by atoms with Crippen molar-refractivity contribution in [2.24, 2.45) is 5.92 Å². The van der Waals surface area contributed by atoms with Gasteiger partial charge in [-0.15, -0.1) is 12.4 Å². The lowest BCUT2D eigenvalue weighted by Gasteiger charge is -2.26. The zero-order chi connectivity index (χ0) is 18.0. The monoisotopic (exact) mass is 389 g/mol. The molecule has 0 N–H and O–H groups in total. The number of hydrogen-bond acceptors (Lipinski definition) is 4. The Morgan fingerprint density at radius 3 is 1.96 bits per heavy atom.